The van der Waals surface area contributed by atoms with E-state index in [4.69, 9.17) is 4.74 Å². The van der Waals surface area contributed by atoms with Crippen molar-refractivity contribution in [2.45, 2.75) is 40.1 Å². The minimum absolute atomic E-state index is 0.111. The Labute approximate surface area is 183 Å². The highest BCUT2D eigenvalue weighted by molar-refractivity contribution is 5.94. The van der Waals surface area contributed by atoms with Crippen LogP contribution < -0.4 is 15.4 Å². The zero-order valence-electron chi connectivity index (χ0n) is 18.1. The molecule has 32 heavy (non-hydrogen) atoms. The summed E-state index contributed by atoms with van der Waals surface area (Å²) in [4.78, 5) is 32.5. The maximum Gasteiger partial charge on any atom is 0.522 e. The summed E-state index contributed by atoms with van der Waals surface area (Å²) in [5.74, 6) is -0.266. The molecule has 1 unspecified atom stereocenters. The SMILES string of the molecule is Cc1cc(C(=O)NC(C)c2ccnc(NC(=O)C(C)C)c2)cnc1OCCOC(F)(F)F. The maximum atomic E-state index is 12.6. The first-order valence-electron chi connectivity index (χ1n) is 9.84. The highest BCUT2D eigenvalue weighted by Gasteiger charge is 2.28. The molecule has 0 aliphatic carbocycles. The van der Waals surface area contributed by atoms with Crippen molar-refractivity contribution in [2.24, 2.45) is 5.92 Å². The van der Waals surface area contributed by atoms with Gasteiger partial charge in [-0.25, -0.2) is 9.97 Å². The Bertz CT molecular complexity index is 951. The number of aryl methyl sites for hydroxylation is 1. The van der Waals surface area contributed by atoms with Crippen LogP contribution in [0.5, 0.6) is 5.88 Å². The number of nitrogens with zero attached hydrogens (tertiary/aromatic N) is 2. The number of pyridine rings is 2. The van der Waals surface area contributed by atoms with Crippen LogP contribution >= 0.6 is 0 Å². The summed E-state index contributed by atoms with van der Waals surface area (Å²) < 4.78 is 44.7. The van der Waals surface area contributed by atoms with Crippen LogP contribution in [-0.2, 0) is 9.53 Å². The third-order valence-electron chi connectivity index (χ3n) is 4.29. The monoisotopic (exact) mass is 454 g/mol. The van der Waals surface area contributed by atoms with Crippen molar-refractivity contribution in [2.75, 3.05) is 18.5 Å². The fourth-order valence-electron chi connectivity index (χ4n) is 2.55. The number of hydrogen-bond donors (Lipinski definition) is 2. The Kier molecular flexibility index (Phi) is 8.53. The lowest BCUT2D eigenvalue weighted by Crippen LogP contribution is -2.27. The van der Waals surface area contributed by atoms with E-state index in [1.807, 2.05) is 0 Å². The van der Waals surface area contributed by atoms with Crippen molar-refractivity contribution in [1.82, 2.24) is 15.3 Å². The molecule has 2 N–H and O–H groups in total. The second kappa shape index (κ2) is 10.9. The quantitative estimate of drug-likeness (QED) is 0.559. The molecule has 0 saturated heterocycles. The summed E-state index contributed by atoms with van der Waals surface area (Å²) in [6.07, 6.45) is -1.91. The molecule has 11 heteroatoms. The molecule has 2 amide bonds. The van der Waals surface area contributed by atoms with Gasteiger partial charge in [-0.3, -0.25) is 14.3 Å². The molecule has 174 valence electrons. The second-order valence-electron chi connectivity index (χ2n) is 7.30. The lowest BCUT2D eigenvalue weighted by atomic mass is 10.1. The van der Waals surface area contributed by atoms with Gasteiger partial charge in [0.25, 0.3) is 5.91 Å². The molecule has 0 fully saturated rings. The van der Waals surface area contributed by atoms with Gasteiger partial charge in [0, 0.05) is 23.9 Å². The van der Waals surface area contributed by atoms with Gasteiger partial charge in [-0.05, 0) is 37.6 Å². The molecule has 0 aliphatic rings. The van der Waals surface area contributed by atoms with Crippen molar-refractivity contribution < 1.29 is 32.2 Å². The van der Waals surface area contributed by atoms with Crippen LogP contribution in [0, 0.1) is 12.8 Å². The van der Waals surface area contributed by atoms with Gasteiger partial charge >= 0.3 is 6.36 Å². The summed E-state index contributed by atoms with van der Waals surface area (Å²) in [5.41, 5.74) is 1.48. The Morgan fingerprint density at radius 2 is 1.84 bits per heavy atom. The van der Waals surface area contributed by atoms with Gasteiger partial charge in [-0.15, -0.1) is 13.2 Å². The first-order chi connectivity index (χ1) is 15.0. The summed E-state index contributed by atoms with van der Waals surface area (Å²) in [5, 5.41) is 5.53. The molecule has 2 aromatic rings. The molecule has 2 rings (SSSR count). The van der Waals surface area contributed by atoms with E-state index in [0.29, 0.717) is 11.4 Å². The predicted molar refractivity (Wildman–Crippen MR) is 110 cm³/mol. The van der Waals surface area contributed by atoms with Crippen LogP contribution in [0.15, 0.2) is 30.6 Å². The fourth-order valence-corrected chi connectivity index (χ4v) is 2.55. The Balaban J connectivity index is 1.97. The van der Waals surface area contributed by atoms with Crippen LogP contribution in [-0.4, -0.2) is 41.4 Å². The number of amides is 2. The maximum absolute atomic E-state index is 12.6. The summed E-state index contributed by atoms with van der Waals surface area (Å²) in [6.45, 7) is 5.93. The van der Waals surface area contributed by atoms with E-state index in [1.165, 1.54) is 18.5 Å². The number of anilines is 1. The van der Waals surface area contributed by atoms with E-state index in [2.05, 4.69) is 25.3 Å². The number of nitrogens with one attached hydrogen (secondary N) is 2. The Morgan fingerprint density at radius 3 is 2.47 bits per heavy atom. The van der Waals surface area contributed by atoms with Crippen LogP contribution in [0.3, 0.4) is 0 Å². The zero-order chi connectivity index (χ0) is 23.9. The standard InChI is InChI=1S/C21H25F3N4O4/c1-12(2)18(29)28-17-10-15(5-6-25-17)14(4)27-19(30)16-9-13(3)20(26-11-16)31-7-8-32-21(22,23)24/h5-6,9-12,14H,7-8H2,1-4H3,(H,27,30)(H,25,28,29). The zero-order valence-corrected chi connectivity index (χ0v) is 18.1. The topological polar surface area (TPSA) is 102 Å². The van der Waals surface area contributed by atoms with Crippen molar-refractivity contribution in [3.8, 4) is 5.88 Å². The highest BCUT2D eigenvalue weighted by atomic mass is 19.4. The number of aromatic nitrogens is 2. The summed E-state index contributed by atoms with van der Waals surface area (Å²) >= 11 is 0. The van der Waals surface area contributed by atoms with Crippen molar-refractivity contribution in [3.63, 3.8) is 0 Å². The molecular formula is C21H25F3N4O4. The van der Waals surface area contributed by atoms with E-state index in [1.54, 1.807) is 39.8 Å². The lowest BCUT2D eigenvalue weighted by molar-refractivity contribution is -0.325. The van der Waals surface area contributed by atoms with Gasteiger partial charge in [-0.2, -0.15) is 0 Å². The number of rotatable bonds is 9. The minimum Gasteiger partial charge on any atom is -0.475 e. The number of ether oxygens (including phenoxy) is 2. The normalized spacial score (nSPS) is 12.4. The van der Waals surface area contributed by atoms with E-state index >= 15 is 0 Å². The van der Waals surface area contributed by atoms with Gasteiger partial charge in [-0.1, -0.05) is 13.8 Å². The van der Waals surface area contributed by atoms with Gasteiger partial charge in [0.15, 0.2) is 0 Å². The Morgan fingerprint density at radius 1 is 1.12 bits per heavy atom. The largest absolute Gasteiger partial charge is 0.522 e. The molecule has 0 spiro atoms. The molecule has 2 heterocycles. The van der Waals surface area contributed by atoms with Crippen LogP contribution in [0.25, 0.3) is 0 Å². The minimum atomic E-state index is -4.72. The third kappa shape index (κ3) is 7.80. The third-order valence-corrected chi connectivity index (χ3v) is 4.29. The fraction of sp³-hybridized carbons (Fsp3) is 0.429. The van der Waals surface area contributed by atoms with Gasteiger partial charge in [0.1, 0.15) is 12.4 Å². The van der Waals surface area contributed by atoms with Gasteiger partial charge in [0.05, 0.1) is 18.2 Å². The van der Waals surface area contributed by atoms with Crippen molar-refractivity contribution >= 4 is 17.6 Å². The Hall–Kier alpha value is -3.21. The molecule has 0 aliphatic heterocycles. The summed E-state index contributed by atoms with van der Waals surface area (Å²) in [6, 6.07) is 4.53. The van der Waals surface area contributed by atoms with E-state index < -0.39 is 24.9 Å². The molecule has 8 nitrogen and oxygen atoms in total. The first-order valence-corrected chi connectivity index (χ1v) is 9.84. The van der Waals surface area contributed by atoms with E-state index in [-0.39, 0.29) is 29.9 Å². The summed E-state index contributed by atoms with van der Waals surface area (Å²) in [7, 11) is 0. The van der Waals surface area contributed by atoms with Gasteiger partial charge in [0.2, 0.25) is 11.8 Å². The molecule has 2 aromatic heterocycles. The van der Waals surface area contributed by atoms with E-state index in [0.717, 1.165) is 5.56 Å². The highest BCUT2D eigenvalue weighted by Crippen LogP contribution is 2.20. The molecule has 0 aromatic carbocycles. The number of carbonyl (C=O) groups is 2. The smallest absolute Gasteiger partial charge is 0.475 e. The number of alkyl halides is 3. The number of carbonyl (C=O) groups excluding carboxylic acids is 2. The average Bonchev–Trinajstić information content (AvgIpc) is 2.71. The second-order valence-corrected chi connectivity index (χ2v) is 7.30. The number of hydrogen-bond acceptors (Lipinski definition) is 6. The lowest BCUT2D eigenvalue weighted by Gasteiger charge is -2.16. The molecule has 1 atom stereocenters. The van der Waals surface area contributed by atoms with Crippen LogP contribution in [0.2, 0.25) is 0 Å². The average molecular weight is 454 g/mol. The van der Waals surface area contributed by atoms with Crippen LogP contribution in [0.4, 0.5) is 19.0 Å². The molecule has 0 radical (unpaired) electrons. The number of halogens is 3. The molecular weight excluding hydrogens is 429 g/mol. The molecule has 0 bridgehead atoms. The molecule has 0 saturated carbocycles. The van der Waals surface area contributed by atoms with Gasteiger partial charge < -0.3 is 15.4 Å². The van der Waals surface area contributed by atoms with Crippen molar-refractivity contribution in [1.29, 1.82) is 0 Å². The van der Waals surface area contributed by atoms with Crippen LogP contribution in [0.1, 0.15) is 48.3 Å². The van der Waals surface area contributed by atoms with Crippen molar-refractivity contribution in [3.05, 3.63) is 47.3 Å². The predicted octanol–water partition coefficient (Wildman–Crippen LogP) is 3.79. The first kappa shape index (κ1) is 25.1. The van der Waals surface area contributed by atoms with E-state index in [9.17, 15) is 22.8 Å².